The van der Waals surface area contributed by atoms with E-state index in [0.717, 1.165) is 40.2 Å². The van der Waals surface area contributed by atoms with Gasteiger partial charge in [0.2, 0.25) is 11.0 Å². The van der Waals surface area contributed by atoms with Gasteiger partial charge in [-0.2, -0.15) is 0 Å². The number of rotatable bonds is 10. The molecular formula is C17H24N4O2S2. The van der Waals surface area contributed by atoms with Crippen LogP contribution in [0.2, 0.25) is 0 Å². The average molecular weight is 381 g/mol. The fraction of sp³-hybridized carbons (Fsp3) is 0.471. The number of nitrogens with zero attached hydrogens (tertiary/aromatic N) is 2. The zero-order valence-corrected chi connectivity index (χ0v) is 16.4. The fourth-order valence-electron chi connectivity index (χ4n) is 2.08. The molecule has 0 saturated heterocycles. The summed E-state index contributed by atoms with van der Waals surface area (Å²) in [5.74, 6) is 0.738. The van der Waals surface area contributed by atoms with Gasteiger partial charge in [0.05, 0.1) is 12.4 Å². The summed E-state index contributed by atoms with van der Waals surface area (Å²) in [5.41, 5.74) is 0.953. The Morgan fingerprint density at radius 1 is 1.36 bits per heavy atom. The summed E-state index contributed by atoms with van der Waals surface area (Å²) < 4.78 is 6.09. The lowest BCUT2D eigenvalue weighted by atomic mass is 10.2. The second kappa shape index (κ2) is 10.2. The van der Waals surface area contributed by atoms with Crippen molar-refractivity contribution >= 4 is 34.1 Å². The highest BCUT2D eigenvalue weighted by Crippen LogP contribution is 2.29. The van der Waals surface area contributed by atoms with Gasteiger partial charge in [0.1, 0.15) is 5.75 Å². The summed E-state index contributed by atoms with van der Waals surface area (Å²) in [6.45, 7) is 5.35. The van der Waals surface area contributed by atoms with Crippen molar-refractivity contribution in [3.8, 4) is 5.75 Å². The molecule has 0 spiro atoms. The highest BCUT2D eigenvalue weighted by atomic mass is 32.2. The monoisotopic (exact) mass is 380 g/mol. The number of para-hydroxylation sites is 1. The van der Waals surface area contributed by atoms with Crippen LogP contribution in [0.15, 0.2) is 28.6 Å². The largest absolute Gasteiger partial charge is 0.496 e. The summed E-state index contributed by atoms with van der Waals surface area (Å²) in [6, 6.07) is 7.66. The number of hydrogen-bond acceptors (Lipinski definition) is 7. The van der Waals surface area contributed by atoms with Crippen molar-refractivity contribution in [3.05, 3.63) is 29.8 Å². The molecule has 2 aromatic rings. The topological polar surface area (TPSA) is 76.1 Å². The van der Waals surface area contributed by atoms with Gasteiger partial charge < -0.3 is 15.4 Å². The number of carbonyl (C=O) groups is 1. The molecule has 25 heavy (non-hydrogen) atoms. The lowest BCUT2D eigenvalue weighted by Gasteiger charge is -2.12. The highest BCUT2D eigenvalue weighted by molar-refractivity contribution is 8.02. The van der Waals surface area contributed by atoms with Crippen molar-refractivity contribution < 1.29 is 9.53 Å². The van der Waals surface area contributed by atoms with Crippen molar-refractivity contribution in [1.29, 1.82) is 0 Å². The highest BCUT2D eigenvalue weighted by Gasteiger charge is 2.17. The minimum absolute atomic E-state index is 0.0356. The number of nitrogens with one attached hydrogen (secondary N) is 2. The zero-order valence-electron chi connectivity index (χ0n) is 14.7. The number of anilines is 1. The van der Waals surface area contributed by atoms with E-state index in [2.05, 4.69) is 27.8 Å². The third-order valence-electron chi connectivity index (χ3n) is 3.51. The second-order valence-electron chi connectivity index (χ2n) is 5.44. The van der Waals surface area contributed by atoms with Gasteiger partial charge in [0, 0.05) is 18.7 Å². The molecule has 2 rings (SSSR count). The van der Waals surface area contributed by atoms with Crippen LogP contribution >= 0.6 is 23.1 Å². The Morgan fingerprint density at radius 3 is 2.92 bits per heavy atom. The van der Waals surface area contributed by atoms with E-state index in [-0.39, 0.29) is 11.2 Å². The predicted octanol–water partition coefficient (Wildman–Crippen LogP) is 3.56. The normalized spacial score (nSPS) is 11.8. The molecule has 6 nitrogen and oxygen atoms in total. The molecule has 0 aliphatic carbocycles. The third-order valence-corrected chi connectivity index (χ3v) is 5.57. The number of aromatic nitrogens is 2. The van der Waals surface area contributed by atoms with Gasteiger partial charge in [-0.15, -0.1) is 10.2 Å². The lowest BCUT2D eigenvalue weighted by Crippen LogP contribution is -2.30. The van der Waals surface area contributed by atoms with Crippen LogP contribution in [0.4, 0.5) is 5.13 Å². The maximum Gasteiger partial charge on any atom is 0.233 e. The van der Waals surface area contributed by atoms with E-state index < -0.39 is 0 Å². The van der Waals surface area contributed by atoms with E-state index in [9.17, 15) is 4.79 Å². The van der Waals surface area contributed by atoms with E-state index in [1.165, 1.54) is 23.1 Å². The smallest absolute Gasteiger partial charge is 0.233 e. The minimum atomic E-state index is -0.244. The molecule has 1 aromatic carbocycles. The molecule has 1 aromatic heterocycles. The van der Waals surface area contributed by atoms with E-state index >= 15 is 0 Å². The number of benzene rings is 1. The summed E-state index contributed by atoms with van der Waals surface area (Å²) in [5, 5.41) is 15.0. The molecule has 1 atom stereocenters. The van der Waals surface area contributed by atoms with Gasteiger partial charge in [0.25, 0.3) is 0 Å². The summed E-state index contributed by atoms with van der Waals surface area (Å²) >= 11 is 2.90. The standard InChI is InChI=1S/C17H24N4O2S2/c1-4-5-10-18-16-20-21-17(25-16)24-12(2)15(22)19-11-13-8-6-7-9-14(13)23-3/h6-9,12H,4-5,10-11H2,1-3H3,(H,18,20)(H,19,22). The number of hydrogen-bond donors (Lipinski definition) is 2. The van der Waals surface area contributed by atoms with Gasteiger partial charge in [-0.25, -0.2) is 0 Å². The molecule has 0 aliphatic rings. The number of thioether (sulfide) groups is 1. The molecule has 1 unspecified atom stereocenters. The molecule has 2 N–H and O–H groups in total. The average Bonchev–Trinajstić information content (AvgIpc) is 3.07. The number of carbonyl (C=O) groups excluding carboxylic acids is 1. The first-order valence-electron chi connectivity index (χ1n) is 8.27. The number of methoxy groups -OCH3 is 1. The van der Waals surface area contributed by atoms with Crippen molar-refractivity contribution in [2.24, 2.45) is 0 Å². The van der Waals surface area contributed by atoms with Crippen LogP contribution in [0.1, 0.15) is 32.3 Å². The second-order valence-corrected chi connectivity index (χ2v) is 8.01. The van der Waals surface area contributed by atoms with E-state index in [0.29, 0.717) is 6.54 Å². The van der Waals surface area contributed by atoms with Crippen molar-refractivity contribution in [2.45, 2.75) is 42.8 Å². The molecule has 0 radical (unpaired) electrons. The SMILES string of the molecule is CCCCNc1nnc(SC(C)C(=O)NCc2ccccc2OC)s1. The van der Waals surface area contributed by atoms with Gasteiger partial charge in [-0.1, -0.05) is 54.6 Å². The maximum atomic E-state index is 12.3. The van der Waals surface area contributed by atoms with Crippen LogP contribution in [0.3, 0.4) is 0 Å². The lowest BCUT2D eigenvalue weighted by molar-refractivity contribution is -0.120. The Morgan fingerprint density at radius 2 is 2.16 bits per heavy atom. The first kappa shape index (κ1) is 19.5. The molecular weight excluding hydrogens is 356 g/mol. The van der Waals surface area contributed by atoms with Crippen LogP contribution < -0.4 is 15.4 Å². The van der Waals surface area contributed by atoms with Crippen molar-refractivity contribution in [3.63, 3.8) is 0 Å². The van der Waals surface area contributed by atoms with E-state index in [1.807, 2.05) is 31.2 Å². The summed E-state index contributed by atoms with van der Waals surface area (Å²) in [7, 11) is 1.63. The van der Waals surface area contributed by atoms with Gasteiger partial charge in [0.15, 0.2) is 4.34 Å². The number of ether oxygens (including phenoxy) is 1. The summed E-state index contributed by atoms with van der Waals surface area (Å²) in [6.07, 6.45) is 2.24. The van der Waals surface area contributed by atoms with Crippen LogP contribution in [0.5, 0.6) is 5.75 Å². The Labute approximate surface area is 156 Å². The summed E-state index contributed by atoms with van der Waals surface area (Å²) in [4.78, 5) is 12.3. The Bertz CT molecular complexity index is 678. The Kier molecular flexibility index (Phi) is 8.00. The third kappa shape index (κ3) is 6.21. The van der Waals surface area contributed by atoms with Gasteiger partial charge in [-0.05, 0) is 19.4 Å². The molecule has 1 heterocycles. The molecule has 0 saturated carbocycles. The first-order chi connectivity index (χ1) is 12.1. The molecule has 8 heteroatoms. The molecule has 1 amide bonds. The molecule has 0 aliphatic heterocycles. The molecule has 0 fully saturated rings. The fourth-order valence-corrected chi connectivity index (χ4v) is 4.03. The molecule has 136 valence electrons. The Balaban J connectivity index is 1.82. The predicted molar refractivity (Wildman–Crippen MR) is 103 cm³/mol. The number of amides is 1. The van der Waals surface area contributed by atoms with Crippen LogP contribution in [-0.2, 0) is 11.3 Å². The zero-order chi connectivity index (χ0) is 18.1. The van der Waals surface area contributed by atoms with Crippen LogP contribution in [-0.4, -0.2) is 35.0 Å². The maximum absolute atomic E-state index is 12.3. The first-order valence-corrected chi connectivity index (χ1v) is 9.97. The van der Waals surface area contributed by atoms with E-state index in [1.54, 1.807) is 7.11 Å². The van der Waals surface area contributed by atoms with Crippen LogP contribution in [0, 0.1) is 0 Å². The van der Waals surface area contributed by atoms with Crippen LogP contribution in [0.25, 0.3) is 0 Å². The van der Waals surface area contributed by atoms with Gasteiger partial charge in [-0.3, -0.25) is 4.79 Å². The minimum Gasteiger partial charge on any atom is -0.496 e. The van der Waals surface area contributed by atoms with Gasteiger partial charge >= 0.3 is 0 Å². The number of unbranched alkanes of at least 4 members (excludes halogenated alkanes) is 1. The van der Waals surface area contributed by atoms with Crippen molar-refractivity contribution in [1.82, 2.24) is 15.5 Å². The van der Waals surface area contributed by atoms with E-state index in [4.69, 9.17) is 4.74 Å². The Hall–Kier alpha value is -1.80. The molecule has 0 bridgehead atoms. The quantitative estimate of drug-likeness (QED) is 0.485. The van der Waals surface area contributed by atoms with Crippen molar-refractivity contribution in [2.75, 3.05) is 19.0 Å².